The molecule has 7 rings (SSSR count). The third-order valence-corrected chi connectivity index (χ3v) is 16.0. The number of nitrogens with zero attached hydrogens (tertiary/aromatic N) is 3. The molecule has 0 spiro atoms. The Morgan fingerprint density at radius 3 is 2.43 bits per heavy atom. The van der Waals surface area contributed by atoms with E-state index in [1.54, 1.807) is 25.1 Å². The summed E-state index contributed by atoms with van der Waals surface area (Å²) in [5, 5.41) is 19.8. The Morgan fingerprint density at radius 1 is 0.939 bits per heavy atom. The zero-order valence-corrected chi connectivity index (χ0v) is 31.2. The van der Waals surface area contributed by atoms with Crippen molar-refractivity contribution in [1.29, 1.82) is 0 Å². The molecule has 1 heterocycles. The van der Waals surface area contributed by atoms with E-state index in [4.69, 9.17) is 14.2 Å². The third kappa shape index (κ3) is 4.81. The summed E-state index contributed by atoms with van der Waals surface area (Å²) in [5.74, 6) is 3.29. The van der Waals surface area contributed by atoms with Gasteiger partial charge in [0.2, 0.25) is 0 Å². The minimum atomic E-state index is -0.499. The van der Waals surface area contributed by atoms with Crippen molar-refractivity contribution >= 4 is 5.97 Å². The van der Waals surface area contributed by atoms with Crippen LogP contribution < -0.4 is 9.47 Å². The third-order valence-electron chi connectivity index (χ3n) is 16.0. The number of fused-ring (bicyclic) bond motifs is 7. The second kappa shape index (κ2) is 11.8. The standard InChI is InChI=1S/C41H59N3O5/c1-25(2)27-15-20-41(36(46)49-24-26-23-44(43-42-26)29-11-10-12-30(47-8)35(29)48-9)22-21-39(6)28(34(27)41)13-14-32-38(5)18-17-33(45)37(3,4)31(38)16-19-40(32,39)7/h10-12,23,27-28,31-34,45H,1,13-22,24H2,2-9H3/t27-,28+,31-,32+,33-,34+,38-,39+,40+,41-/m0/s1. The maximum atomic E-state index is 14.5. The van der Waals surface area contributed by atoms with E-state index in [2.05, 4.69) is 58.4 Å². The monoisotopic (exact) mass is 673 g/mol. The number of carbonyl (C=O) groups is 1. The van der Waals surface area contributed by atoms with E-state index in [-0.39, 0.29) is 46.3 Å². The number of benzene rings is 1. The lowest BCUT2D eigenvalue weighted by Gasteiger charge is -2.72. The highest BCUT2D eigenvalue weighted by Gasteiger charge is 2.72. The first-order valence-corrected chi connectivity index (χ1v) is 18.8. The molecule has 0 radical (unpaired) electrons. The second-order valence-corrected chi connectivity index (χ2v) is 18.0. The van der Waals surface area contributed by atoms with Crippen molar-refractivity contribution in [2.75, 3.05) is 14.2 Å². The average molecular weight is 674 g/mol. The number of hydrogen-bond donors (Lipinski definition) is 1. The number of esters is 1. The molecule has 0 aliphatic heterocycles. The topological polar surface area (TPSA) is 95.7 Å². The molecular weight excluding hydrogens is 614 g/mol. The predicted octanol–water partition coefficient (Wildman–Crippen LogP) is 8.35. The number of ether oxygens (including phenoxy) is 3. The Balaban J connectivity index is 1.15. The number of aliphatic hydroxyl groups is 1. The van der Waals surface area contributed by atoms with Crippen LogP contribution >= 0.6 is 0 Å². The molecule has 0 unspecified atom stereocenters. The molecule has 268 valence electrons. The molecule has 1 aromatic heterocycles. The van der Waals surface area contributed by atoms with E-state index in [0.29, 0.717) is 46.6 Å². The number of aromatic nitrogens is 3. The van der Waals surface area contributed by atoms with Crippen molar-refractivity contribution in [3.63, 3.8) is 0 Å². The number of methoxy groups -OCH3 is 2. The molecule has 5 aliphatic rings. The van der Waals surface area contributed by atoms with Crippen molar-refractivity contribution < 1.29 is 24.1 Å². The largest absolute Gasteiger partial charge is 0.493 e. The van der Waals surface area contributed by atoms with Crippen LogP contribution in [0.15, 0.2) is 36.5 Å². The first-order valence-electron chi connectivity index (χ1n) is 18.8. The number of allylic oxidation sites excluding steroid dienone is 1. The van der Waals surface area contributed by atoms with Gasteiger partial charge in [-0.15, -0.1) is 5.10 Å². The van der Waals surface area contributed by atoms with Crippen molar-refractivity contribution in [3.05, 3.63) is 42.2 Å². The first-order chi connectivity index (χ1) is 23.2. The van der Waals surface area contributed by atoms with Gasteiger partial charge in [-0.3, -0.25) is 4.79 Å². The molecule has 2 aromatic rings. The smallest absolute Gasteiger partial charge is 0.312 e. The molecule has 5 saturated carbocycles. The molecule has 10 atom stereocenters. The minimum Gasteiger partial charge on any atom is -0.493 e. The van der Waals surface area contributed by atoms with Gasteiger partial charge in [0.05, 0.1) is 31.9 Å². The van der Waals surface area contributed by atoms with Gasteiger partial charge in [0.1, 0.15) is 18.0 Å². The van der Waals surface area contributed by atoms with Crippen molar-refractivity contribution in [2.24, 2.45) is 56.7 Å². The summed E-state index contributed by atoms with van der Waals surface area (Å²) in [5.41, 5.74) is 2.52. The Bertz CT molecular complexity index is 1620. The van der Waals surface area contributed by atoms with E-state index >= 15 is 0 Å². The van der Waals surface area contributed by atoms with Crippen LogP contribution in [0.25, 0.3) is 5.69 Å². The van der Waals surface area contributed by atoms with Gasteiger partial charge < -0.3 is 19.3 Å². The van der Waals surface area contributed by atoms with E-state index in [1.807, 2.05) is 18.2 Å². The fraction of sp³-hybridized carbons (Fsp3) is 0.732. The molecule has 1 N–H and O–H groups in total. The Hall–Kier alpha value is -2.87. The summed E-state index contributed by atoms with van der Waals surface area (Å²) in [6, 6.07) is 5.62. The van der Waals surface area contributed by atoms with Gasteiger partial charge in [-0.05, 0) is 135 Å². The number of hydrogen-bond acceptors (Lipinski definition) is 7. The van der Waals surface area contributed by atoms with Crippen LogP contribution in [-0.4, -0.2) is 46.4 Å². The van der Waals surface area contributed by atoms with Crippen LogP contribution in [0.3, 0.4) is 0 Å². The molecule has 0 saturated heterocycles. The highest BCUT2D eigenvalue weighted by Crippen LogP contribution is 2.77. The van der Waals surface area contributed by atoms with Gasteiger partial charge in [0.25, 0.3) is 0 Å². The van der Waals surface area contributed by atoms with E-state index < -0.39 is 5.41 Å². The summed E-state index contributed by atoms with van der Waals surface area (Å²) < 4.78 is 19.0. The fourth-order valence-electron chi connectivity index (χ4n) is 13.3. The fourth-order valence-corrected chi connectivity index (χ4v) is 13.3. The van der Waals surface area contributed by atoms with Gasteiger partial charge in [-0.2, -0.15) is 0 Å². The number of aliphatic hydroxyl groups excluding tert-OH is 1. The highest BCUT2D eigenvalue weighted by molar-refractivity contribution is 5.78. The van der Waals surface area contributed by atoms with Gasteiger partial charge in [-0.25, -0.2) is 4.68 Å². The van der Waals surface area contributed by atoms with Crippen LogP contribution in [0.4, 0.5) is 0 Å². The van der Waals surface area contributed by atoms with Gasteiger partial charge >= 0.3 is 5.97 Å². The molecule has 49 heavy (non-hydrogen) atoms. The normalized spacial score (nSPS) is 40.7. The van der Waals surface area contributed by atoms with E-state index in [1.165, 1.54) is 24.8 Å². The average Bonchev–Trinajstić information content (AvgIpc) is 3.71. The Kier molecular flexibility index (Phi) is 8.36. The van der Waals surface area contributed by atoms with Crippen LogP contribution in [-0.2, 0) is 16.1 Å². The van der Waals surface area contributed by atoms with Crippen LogP contribution in [0.2, 0.25) is 0 Å². The molecular formula is C41H59N3O5. The quantitative estimate of drug-likeness (QED) is 0.233. The van der Waals surface area contributed by atoms with Crippen LogP contribution in [0, 0.1) is 56.7 Å². The van der Waals surface area contributed by atoms with Crippen LogP contribution in [0.5, 0.6) is 11.5 Å². The van der Waals surface area contributed by atoms with Crippen LogP contribution in [0.1, 0.15) is 111 Å². The maximum absolute atomic E-state index is 14.5. The summed E-state index contributed by atoms with van der Waals surface area (Å²) in [6.45, 7) is 19.2. The number of rotatable bonds is 7. The molecule has 8 heteroatoms. The lowest BCUT2D eigenvalue weighted by Crippen LogP contribution is -2.67. The SMILES string of the molecule is C=C(C)[C@@H]1CC[C@]2(C(=O)OCc3cn(-c4cccc(OC)c4OC)nn3)CC[C@]3(C)[C@H](CC[C@@H]4[C@@]5(C)CC[C@H](O)C(C)(C)[C@@H]5CC[C@]43C)[C@@H]12. The first kappa shape index (κ1) is 34.6. The Morgan fingerprint density at radius 2 is 1.71 bits per heavy atom. The highest BCUT2D eigenvalue weighted by atomic mass is 16.5. The zero-order valence-electron chi connectivity index (χ0n) is 31.2. The van der Waals surface area contributed by atoms with Crippen molar-refractivity contribution in [1.82, 2.24) is 15.0 Å². The van der Waals surface area contributed by atoms with Crippen molar-refractivity contribution in [3.8, 4) is 17.2 Å². The summed E-state index contributed by atoms with van der Waals surface area (Å²) in [4.78, 5) is 14.5. The maximum Gasteiger partial charge on any atom is 0.312 e. The van der Waals surface area contributed by atoms with Gasteiger partial charge in [-0.1, -0.05) is 58.1 Å². The molecule has 8 nitrogen and oxygen atoms in total. The molecule has 1 aromatic carbocycles. The molecule has 0 amide bonds. The van der Waals surface area contributed by atoms with Gasteiger partial charge in [0, 0.05) is 0 Å². The predicted molar refractivity (Wildman–Crippen MR) is 189 cm³/mol. The van der Waals surface area contributed by atoms with E-state index in [9.17, 15) is 9.90 Å². The van der Waals surface area contributed by atoms with E-state index in [0.717, 1.165) is 44.9 Å². The lowest BCUT2D eigenvalue weighted by atomic mass is 9.32. The molecule has 5 fully saturated rings. The summed E-state index contributed by atoms with van der Waals surface area (Å²) in [6.07, 6.45) is 12.1. The number of carbonyl (C=O) groups excluding carboxylic acids is 1. The molecule has 0 bridgehead atoms. The number of para-hydroxylation sites is 1. The Labute approximate surface area is 293 Å². The minimum absolute atomic E-state index is 0.0561. The summed E-state index contributed by atoms with van der Waals surface area (Å²) in [7, 11) is 3.21. The lowest BCUT2D eigenvalue weighted by molar-refractivity contribution is -0.248. The summed E-state index contributed by atoms with van der Waals surface area (Å²) >= 11 is 0. The zero-order chi connectivity index (χ0) is 35.1. The molecule has 5 aliphatic carbocycles. The van der Waals surface area contributed by atoms with Gasteiger partial charge in [0.15, 0.2) is 11.5 Å². The second-order valence-electron chi connectivity index (χ2n) is 18.0. The van der Waals surface area contributed by atoms with Crippen molar-refractivity contribution in [2.45, 2.75) is 118 Å².